The Balaban J connectivity index is 1.51. The highest BCUT2D eigenvalue weighted by atomic mass is 16.5. The lowest BCUT2D eigenvalue weighted by Gasteiger charge is -2.41. The Morgan fingerprint density at radius 1 is 1.12 bits per heavy atom. The summed E-state index contributed by atoms with van der Waals surface area (Å²) in [5.74, 6) is 0.997. The number of carbonyl (C=O) groups is 1. The number of rotatable bonds is 5. The van der Waals surface area contributed by atoms with Gasteiger partial charge in [-0.2, -0.15) is 0 Å². The number of likely N-dealkylation sites (tertiary alicyclic amines) is 2. The summed E-state index contributed by atoms with van der Waals surface area (Å²) in [6.45, 7) is 9.93. The molecule has 0 N–H and O–H groups in total. The number of benzene rings is 1. The van der Waals surface area contributed by atoms with Crippen LogP contribution in [-0.2, 0) is 11.3 Å². The van der Waals surface area contributed by atoms with Crippen molar-refractivity contribution in [3.63, 3.8) is 0 Å². The molecule has 1 amide bonds. The molecule has 2 aliphatic rings. The molecule has 4 heteroatoms. The van der Waals surface area contributed by atoms with Crippen molar-refractivity contribution in [1.29, 1.82) is 0 Å². The Morgan fingerprint density at radius 3 is 2.48 bits per heavy atom. The lowest BCUT2D eigenvalue weighted by atomic mass is 9.95. The molecule has 2 saturated heterocycles. The van der Waals surface area contributed by atoms with E-state index < -0.39 is 0 Å². The highest BCUT2D eigenvalue weighted by Gasteiger charge is 2.29. The van der Waals surface area contributed by atoms with Crippen LogP contribution in [0.15, 0.2) is 24.3 Å². The van der Waals surface area contributed by atoms with Gasteiger partial charge in [0.25, 0.3) is 5.91 Å². The number of amides is 1. The van der Waals surface area contributed by atoms with Crippen LogP contribution in [0.4, 0.5) is 0 Å². The zero-order chi connectivity index (χ0) is 17.6. The molecule has 0 bridgehead atoms. The molecule has 1 atom stereocenters. The SMILES string of the molecule is CCOCc1ccc(C(=O)N2CCC(N3CCC[C@@H](C)C3)CC2)cc1. The highest BCUT2D eigenvalue weighted by molar-refractivity contribution is 5.94. The molecule has 0 spiro atoms. The van der Waals surface area contributed by atoms with Crippen molar-refractivity contribution in [2.45, 2.75) is 52.2 Å². The average Bonchev–Trinajstić information content (AvgIpc) is 2.66. The summed E-state index contributed by atoms with van der Waals surface area (Å²) in [4.78, 5) is 17.4. The molecule has 0 saturated carbocycles. The molecule has 2 aliphatic heterocycles. The van der Waals surface area contributed by atoms with E-state index in [2.05, 4.69) is 11.8 Å². The Kier molecular flexibility index (Phi) is 6.49. The third-order valence-electron chi connectivity index (χ3n) is 5.63. The van der Waals surface area contributed by atoms with Crippen molar-refractivity contribution in [2.24, 2.45) is 5.92 Å². The second-order valence-corrected chi connectivity index (χ2v) is 7.60. The molecule has 1 aromatic carbocycles. The lowest BCUT2D eigenvalue weighted by Crippen LogP contribution is -2.49. The summed E-state index contributed by atoms with van der Waals surface area (Å²) in [5, 5.41) is 0. The van der Waals surface area contributed by atoms with Crippen LogP contribution in [0.5, 0.6) is 0 Å². The summed E-state index contributed by atoms with van der Waals surface area (Å²) >= 11 is 0. The van der Waals surface area contributed by atoms with E-state index in [9.17, 15) is 4.79 Å². The van der Waals surface area contributed by atoms with Crippen LogP contribution in [0, 0.1) is 5.92 Å². The van der Waals surface area contributed by atoms with Gasteiger partial charge in [0, 0.05) is 37.8 Å². The van der Waals surface area contributed by atoms with Crippen LogP contribution in [0.2, 0.25) is 0 Å². The molecule has 0 aromatic heterocycles. The van der Waals surface area contributed by atoms with E-state index in [4.69, 9.17) is 4.74 Å². The highest BCUT2D eigenvalue weighted by Crippen LogP contribution is 2.24. The fourth-order valence-electron chi connectivity index (χ4n) is 4.14. The summed E-state index contributed by atoms with van der Waals surface area (Å²) < 4.78 is 5.41. The summed E-state index contributed by atoms with van der Waals surface area (Å²) in [6, 6.07) is 8.56. The molecule has 0 aliphatic carbocycles. The fraction of sp³-hybridized carbons (Fsp3) is 0.667. The molecule has 3 rings (SSSR count). The van der Waals surface area contributed by atoms with Crippen LogP contribution in [0.3, 0.4) is 0 Å². The molecule has 0 radical (unpaired) electrons. The summed E-state index contributed by atoms with van der Waals surface area (Å²) in [6.07, 6.45) is 4.92. The van der Waals surface area contributed by atoms with Crippen molar-refractivity contribution in [1.82, 2.24) is 9.80 Å². The quantitative estimate of drug-likeness (QED) is 0.819. The summed E-state index contributed by atoms with van der Waals surface area (Å²) in [5.41, 5.74) is 1.92. The van der Waals surface area contributed by atoms with Crippen molar-refractivity contribution in [3.8, 4) is 0 Å². The van der Waals surface area contributed by atoms with Gasteiger partial charge in [0.15, 0.2) is 0 Å². The molecule has 0 unspecified atom stereocenters. The largest absolute Gasteiger partial charge is 0.377 e. The smallest absolute Gasteiger partial charge is 0.253 e. The standard InChI is InChI=1S/C21H32N2O2/c1-3-25-16-18-6-8-19(9-7-18)21(24)22-13-10-20(11-14-22)23-12-4-5-17(2)15-23/h6-9,17,20H,3-5,10-16H2,1-2H3/t17-/m1/s1. The van der Waals surface area contributed by atoms with Gasteiger partial charge < -0.3 is 9.64 Å². The molecule has 1 aromatic rings. The maximum Gasteiger partial charge on any atom is 0.253 e. The van der Waals surface area contributed by atoms with Gasteiger partial charge in [-0.25, -0.2) is 0 Å². The van der Waals surface area contributed by atoms with E-state index >= 15 is 0 Å². The molecular formula is C21H32N2O2. The van der Waals surface area contributed by atoms with Crippen molar-refractivity contribution >= 4 is 5.91 Å². The van der Waals surface area contributed by atoms with Gasteiger partial charge in [0.1, 0.15) is 0 Å². The maximum absolute atomic E-state index is 12.7. The normalized spacial score (nSPS) is 23.0. The molecular weight excluding hydrogens is 312 g/mol. The van der Waals surface area contributed by atoms with Gasteiger partial charge >= 0.3 is 0 Å². The Labute approximate surface area is 152 Å². The number of piperidine rings is 2. The van der Waals surface area contributed by atoms with Crippen LogP contribution in [0.25, 0.3) is 0 Å². The zero-order valence-corrected chi connectivity index (χ0v) is 15.7. The fourth-order valence-corrected chi connectivity index (χ4v) is 4.14. The van der Waals surface area contributed by atoms with E-state index in [1.807, 2.05) is 36.1 Å². The predicted octanol–water partition coefficient (Wildman–Crippen LogP) is 3.56. The first-order valence-corrected chi connectivity index (χ1v) is 9.87. The Hall–Kier alpha value is -1.39. The van der Waals surface area contributed by atoms with Gasteiger partial charge in [-0.05, 0) is 62.8 Å². The first-order chi connectivity index (χ1) is 12.2. The number of hydrogen-bond acceptors (Lipinski definition) is 3. The third-order valence-corrected chi connectivity index (χ3v) is 5.63. The topological polar surface area (TPSA) is 32.8 Å². The summed E-state index contributed by atoms with van der Waals surface area (Å²) in [7, 11) is 0. The third kappa shape index (κ3) is 4.83. The van der Waals surface area contributed by atoms with Crippen LogP contribution < -0.4 is 0 Å². The molecule has 4 nitrogen and oxygen atoms in total. The predicted molar refractivity (Wildman–Crippen MR) is 101 cm³/mol. The number of carbonyl (C=O) groups excluding carboxylic acids is 1. The minimum atomic E-state index is 0.174. The van der Waals surface area contributed by atoms with E-state index in [1.165, 1.54) is 25.9 Å². The van der Waals surface area contributed by atoms with Gasteiger partial charge in [-0.15, -0.1) is 0 Å². The van der Waals surface area contributed by atoms with Gasteiger partial charge in [0.2, 0.25) is 0 Å². The van der Waals surface area contributed by atoms with E-state index in [0.717, 1.165) is 43.0 Å². The van der Waals surface area contributed by atoms with Crippen molar-refractivity contribution in [2.75, 3.05) is 32.8 Å². The monoisotopic (exact) mass is 344 g/mol. The van der Waals surface area contributed by atoms with Crippen LogP contribution >= 0.6 is 0 Å². The first kappa shape index (κ1) is 18.4. The number of hydrogen-bond donors (Lipinski definition) is 0. The van der Waals surface area contributed by atoms with E-state index in [1.54, 1.807) is 0 Å². The van der Waals surface area contributed by atoms with Crippen molar-refractivity contribution < 1.29 is 9.53 Å². The molecule has 2 fully saturated rings. The van der Waals surface area contributed by atoms with Gasteiger partial charge in [-0.1, -0.05) is 19.1 Å². The second-order valence-electron chi connectivity index (χ2n) is 7.60. The Morgan fingerprint density at radius 2 is 1.84 bits per heavy atom. The maximum atomic E-state index is 12.7. The lowest BCUT2D eigenvalue weighted by molar-refractivity contribution is 0.0542. The zero-order valence-electron chi connectivity index (χ0n) is 15.7. The molecule has 25 heavy (non-hydrogen) atoms. The average molecular weight is 344 g/mol. The minimum Gasteiger partial charge on any atom is -0.377 e. The van der Waals surface area contributed by atoms with Crippen LogP contribution in [0.1, 0.15) is 55.5 Å². The first-order valence-electron chi connectivity index (χ1n) is 9.87. The van der Waals surface area contributed by atoms with Crippen molar-refractivity contribution in [3.05, 3.63) is 35.4 Å². The molecule has 2 heterocycles. The Bertz CT molecular complexity index is 550. The minimum absolute atomic E-state index is 0.174. The second kappa shape index (κ2) is 8.81. The van der Waals surface area contributed by atoms with Gasteiger partial charge in [0.05, 0.1) is 6.61 Å². The molecule has 138 valence electrons. The number of ether oxygens (including phenoxy) is 1. The number of nitrogens with zero attached hydrogens (tertiary/aromatic N) is 2. The van der Waals surface area contributed by atoms with Gasteiger partial charge in [-0.3, -0.25) is 9.69 Å². The van der Waals surface area contributed by atoms with E-state index in [-0.39, 0.29) is 5.91 Å². The van der Waals surface area contributed by atoms with E-state index in [0.29, 0.717) is 19.3 Å². The van der Waals surface area contributed by atoms with Crippen LogP contribution in [-0.4, -0.2) is 54.5 Å².